The molecule has 3 aromatic heterocycles. The molecule has 1 N–H and O–H groups in total. The van der Waals surface area contributed by atoms with E-state index in [4.69, 9.17) is 9.15 Å². The quantitative estimate of drug-likeness (QED) is 0.426. The number of rotatable bonds is 6. The van der Waals surface area contributed by atoms with Gasteiger partial charge in [-0.3, -0.25) is 14.5 Å². The van der Waals surface area contributed by atoms with Gasteiger partial charge in [-0.05, 0) is 59.0 Å². The van der Waals surface area contributed by atoms with Gasteiger partial charge < -0.3 is 19.0 Å². The number of carbonyl (C=O) groups excluding carboxylic acids is 1. The van der Waals surface area contributed by atoms with Gasteiger partial charge in [-0.25, -0.2) is 4.68 Å². The number of tetrazole rings is 1. The Kier molecular flexibility index (Phi) is 6.21. The normalized spacial score (nSPS) is 17.9. The smallest absolute Gasteiger partial charge is 0.289 e. The molecule has 1 atom stereocenters. The minimum Gasteiger partial charge on any atom is -0.497 e. The first-order chi connectivity index (χ1) is 18.1. The van der Waals surface area contributed by atoms with E-state index in [1.54, 1.807) is 24.1 Å². The van der Waals surface area contributed by atoms with Crippen molar-refractivity contribution in [2.45, 2.75) is 37.8 Å². The fourth-order valence-corrected chi connectivity index (χ4v) is 5.55. The molecule has 1 saturated carbocycles. The average molecular weight is 504 g/mol. The van der Waals surface area contributed by atoms with Crippen molar-refractivity contribution in [2.75, 3.05) is 33.3 Å². The van der Waals surface area contributed by atoms with Gasteiger partial charge >= 0.3 is 0 Å². The summed E-state index contributed by atoms with van der Waals surface area (Å²) in [5, 5.41) is 13.7. The van der Waals surface area contributed by atoms with Crippen LogP contribution in [0.1, 0.15) is 59.7 Å². The molecule has 37 heavy (non-hydrogen) atoms. The zero-order valence-electron chi connectivity index (χ0n) is 20.7. The summed E-state index contributed by atoms with van der Waals surface area (Å²) in [6, 6.07) is 10.7. The molecule has 1 aliphatic heterocycles. The van der Waals surface area contributed by atoms with Gasteiger partial charge in [0.05, 0.1) is 24.9 Å². The first kappa shape index (κ1) is 23.4. The number of nitrogens with one attached hydrogen (secondary N) is 1. The number of nitrogens with zero attached hydrogens (tertiary/aromatic N) is 6. The predicted octanol–water partition coefficient (Wildman–Crippen LogP) is 2.78. The number of hydrogen-bond donors (Lipinski definition) is 1. The van der Waals surface area contributed by atoms with Gasteiger partial charge in [0.1, 0.15) is 11.8 Å². The molecule has 4 aromatic rings. The summed E-state index contributed by atoms with van der Waals surface area (Å²) in [4.78, 5) is 33.3. The molecule has 0 unspecified atom stereocenters. The number of H-pyrrole nitrogens is 1. The number of hydrogen-bond acceptors (Lipinski definition) is 8. The van der Waals surface area contributed by atoms with Gasteiger partial charge in [-0.15, -0.1) is 5.10 Å². The second-order valence-electron chi connectivity index (χ2n) is 9.63. The number of amides is 1. The molecule has 0 radical (unpaired) electrons. The molecular weight excluding hydrogens is 474 g/mol. The third-order valence-electron chi connectivity index (χ3n) is 7.51. The SMILES string of the molecule is COc1ccc2cc([C@H](c3nnnn3C3CCCC3)N3CCN(C(=O)c4ccco4)CC3)c(=O)[nH]c2c1. The highest BCUT2D eigenvalue weighted by molar-refractivity contribution is 5.91. The van der Waals surface area contributed by atoms with Crippen LogP contribution in [-0.4, -0.2) is 74.2 Å². The molecule has 6 rings (SSSR count). The highest BCUT2D eigenvalue weighted by Gasteiger charge is 2.35. The Morgan fingerprint density at radius 3 is 2.68 bits per heavy atom. The van der Waals surface area contributed by atoms with Gasteiger partial charge in [-0.1, -0.05) is 12.8 Å². The number of aromatic nitrogens is 5. The summed E-state index contributed by atoms with van der Waals surface area (Å²) in [6.45, 7) is 2.14. The second-order valence-corrected chi connectivity index (χ2v) is 9.63. The van der Waals surface area contributed by atoms with Crippen molar-refractivity contribution in [3.63, 3.8) is 0 Å². The molecule has 1 amide bonds. The fraction of sp³-hybridized carbons (Fsp3) is 0.423. The van der Waals surface area contributed by atoms with E-state index in [1.165, 1.54) is 6.26 Å². The van der Waals surface area contributed by atoms with E-state index < -0.39 is 6.04 Å². The topological polar surface area (TPSA) is 122 Å². The molecule has 1 aromatic carbocycles. The van der Waals surface area contributed by atoms with Gasteiger partial charge in [0.2, 0.25) is 0 Å². The van der Waals surface area contributed by atoms with E-state index in [2.05, 4.69) is 25.4 Å². The van der Waals surface area contributed by atoms with Crippen LogP contribution < -0.4 is 10.3 Å². The third kappa shape index (κ3) is 4.39. The van der Waals surface area contributed by atoms with Gasteiger partial charge in [0.25, 0.3) is 11.5 Å². The molecule has 0 bridgehead atoms. The summed E-state index contributed by atoms with van der Waals surface area (Å²) in [5.74, 6) is 1.54. The second kappa shape index (κ2) is 9.81. The minimum atomic E-state index is -0.452. The first-order valence-corrected chi connectivity index (χ1v) is 12.7. The fourth-order valence-electron chi connectivity index (χ4n) is 5.55. The Balaban J connectivity index is 1.37. The molecule has 2 aliphatic rings. The number of benzene rings is 1. The number of carbonyl (C=O) groups is 1. The number of fused-ring (bicyclic) bond motifs is 1. The Labute approximate surface area is 213 Å². The van der Waals surface area contributed by atoms with Crippen LogP contribution in [-0.2, 0) is 0 Å². The molecule has 11 heteroatoms. The highest BCUT2D eigenvalue weighted by Crippen LogP contribution is 2.34. The van der Waals surface area contributed by atoms with Crippen LogP contribution in [0.25, 0.3) is 10.9 Å². The number of ether oxygens (including phenoxy) is 1. The van der Waals surface area contributed by atoms with Gasteiger partial charge in [0.15, 0.2) is 11.6 Å². The van der Waals surface area contributed by atoms with Gasteiger partial charge in [-0.2, -0.15) is 0 Å². The molecule has 0 spiro atoms. The molecule has 4 heterocycles. The summed E-state index contributed by atoms with van der Waals surface area (Å²) < 4.78 is 12.5. The van der Waals surface area contributed by atoms with Crippen molar-refractivity contribution in [3.05, 3.63) is 70.2 Å². The monoisotopic (exact) mass is 503 g/mol. The van der Waals surface area contributed by atoms with E-state index in [0.29, 0.717) is 54.6 Å². The highest BCUT2D eigenvalue weighted by atomic mass is 16.5. The average Bonchev–Trinajstić information content (AvgIpc) is 3.72. The lowest BCUT2D eigenvalue weighted by molar-refractivity contribution is 0.0557. The Hall–Kier alpha value is -3.99. The minimum absolute atomic E-state index is 0.130. The number of furan rings is 1. The number of piperazine rings is 1. The largest absolute Gasteiger partial charge is 0.497 e. The molecule has 192 valence electrons. The maximum atomic E-state index is 13.5. The van der Waals surface area contributed by atoms with Crippen molar-refractivity contribution in [1.82, 2.24) is 35.0 Å². The zero-order valence-corrected chi connectivity index (χ0v) is 20.7. The summed E-state index contributed by atoms with van der Waals surface area (Å²) >= 11 is 0. The summed E-state index contributed by atoms with van der Waals surface area (Å²) in [7, 11) is 1.60. The van der Waals surface area contributed by atoms with Crippen LogP contribution in [0.2, 0.25) is 0 Å². The number of methoxy groups -OCH3 is 1. The van der Waals surface area contributed by atoms with Crippen LogP contribution in [0.5, 0.6) is 5.75 Å². The van der Waals surface area contributed by atoms with Crippen molar-refractivity contribution in [3.8, 4) is 5.75 Å². The maximum Gasteiger partial charge on any atom is 0.289 e. The Morgan fingerprint density at radius 2 is 1.95 bits per heavy atom. The molecule has 11 nitrogen and oxygen atoms in total. The standard InChI is InChI=1S/C26H29N7O4/c1-36-19-9-8-17-15-20(25(34)27-21(17)16-19)23(24-28-29-30-33(24)18-5-2-3-6-18)31-10-12-32(13-11-31)26(35)22-7-4-14-37-22/h4,7-9,14-16,18,23H,2-3,5-6,10-13H2,1H3,(H,27,34)/t23-/m1/s1. The van der Waals surface area contributed by atoms with E-state index >= 15 is 0 Å². The zero-order chi connectivity index (χ0) is 25.4. The first-order valence-electron chi connectivity index (χ1n) is 12.7. The lowest BCUT2D eigenvalue weighted by Gasteiger charge is -2.38. The van der Waals surface area contributed by atoms with Crippen molar-refractivity contribution in [1.29, 1.82) is 0 Å². The van der Waals surface area contributed by atoms with E-state index in [-0.39, 0.29) is 17.5 Å². The van der Waals surface area contributed by atoms with E-state index in [1.807, 2.05) is 28.9 Å². The van der Waals surface area contributed by atoms with Crippen LogP contribution in [0.15, 0.2) is 51.9 Å². The predicted molar refractivity (Wildman–Crippen MR) is 134 cm³/mol. The van der Waals surface area contributed by atoms with E-state index in [0.717, 1.165) is 31.1 Å². The molecule has 2 fully saturated rings. The molecular formula is C26H29N7O4. The van der Waals surface area contributed by atoms with Crippen LogP contribution in [0.4, 0.5) is 0 Å². The number of pyridine rings is 1. The van der Waals surface area contributed by atoms with Crippen LogP contribution in [0, 0.1) is 0 Å². The number of aromatic amines is 1. The summed E-state index contributed by atoms with van der Waals surface area (Å²) in [5.41, 5.74) is 1.09. The van der Waals surface area contributed by atoms with Crippen molar-refractivity contribution in [2.24, 2.45) is 0 Å². The van der Waals surface area contributed by atoms with Gasteiger partial charge in [0, 0.05) is 37.8 Å². The van der Waals surface area contributed by atoms with Crippen LogP contribution in [0.3, 0.4) is 0 Å². The Bertz CT molecular complexity index is 1450. The molecule has 1 saturated heterocycles. The summed E-state index contributed by atoms with van der Waals surface area (Å²) in [6.07, 6.45) is 5.82. The third-order valence-corrected chi connectivity index (χ3v) is 7.51. The van der Waals surface area contributed by atoms with Crippen molar-refractivity contribution < 1.29 is 13.9 Å². The lowest BCUT2D eigenvalue weighted by atomic mass is 10.0. The maximum absolute atomic E-state index is 13.5. The molecule has 1 aliphatic carbocycles. The van der Waals surface area contributed by atoms with Crippen molar-refractivity contribution >= 4 is 16.8 Å². The lowest BCUT2D eigenvalue weighted by Crippen LogP contribution is -2.50. The Morgan fingerprint density at radius 1 is 1.14 bits per heavy atom. The van der Waals surface area contributed by atoms with Crippen LogP contribution >= 0.6 is 0 Å². The van der Waals surface area contributed by atoms with E-state index in [9.17, 15) is 9.59 Å².